The molecule has 0 rings (SSSR count). The van der Waals surface area contributed by atoms with Crippen LogP contribution in [0.4, 0.5) is 0 Å². The van der Waals surface area contributed by atoms with Crippen molar-refractivity contribution in [2.24, 2.45) is 0 Å². The van der Waals surface area contributed by atoms with E-state index < -0.39 is 0 Å². The van der Waals surface area contributed by atoms with Crippen molar-refractivity contribution in [2.75, 3.05) is 6.54 Å². The van der Waals surface area contributed by atoms with Gasteiger partial charge in [-0.2, -0.15) is 0 Å². The van der Waals surface area contributed by atoms with Gasteiger partial charge in [0.05, 0.1) is 18.1 Å². The van der Waals surface area contributed by atoms with Gasteiger partial charge in [0.25, 0.3) is 0 Å². The zero-order valence-electron chi connectivity index (χ0n) is 8.28. The predicted molar refractivity (Wildman–Crippen MR) is 46.4 cm³/mol. The molecule has 0 heterocycles. The van der Waals surface area contributed by atoms with Crippen LogP contribution in [0.5, 0.6) is 0 Å². The fourth-order valence-electron chi connectivity index (χ4n) is 1.80. The van der Waals surface area contributed by atoms with Gasteiger partial charge in [0.2, 0.25) is 0 Å². The second-order valence-corrected chi connectivity index (χ2v) is 4.28. The molecule has 1 atom stereocenters. The maximum Gasteiger partial charge on any atom is 0.0893 e. The zero-order valence-corrected chi connectivity index (χ0v) is 8.28. The summed E-state index contributed by atoms with van der Waals surface area (Å²) in [5.74, 6) is 0. The summed E-state index contributed by atoms with van der Waals surface area (Å²) in [5.41, 5.74) is 0.406. The summed E-state index contributed by atoms with van der Waals surface area (Å²) in [6.07, 6.45) is 0. The molecule has 1 unspecified atom stereocenters. The van der Waals surface area contributed by atoms with Crippen molar-refractivity contribution >= 4 is 0 Å². The molecule has 0 fully saturated rings. The molecule has 0 saturated heterocycles. The lowest BCUT2D eigenvalue weighted by atomic mass is 10.0. The van der Waals surface area contributed by atoms with Crippen LogP contribution in [0, 0.1) is 0 Å². The van der Waals surface area contributed by atoms with Crippen molar-refractivity contribution in [3.8, 4) is 0 Å². The number of quaternary nitrogens is 1. The Hall–Kier alpha value is -0.0400. The first kappa shape index (κ1) is 9.96. The lowest BCUT2D eigenvalue weighted by molar-refractivity contribution is -0.964. The van der Waals surface area contributed by atoms with Gasteiger partial charge in [-0.3, -0.25) is 0 Å². The van der Waals surface area contributed by atoms with E-state index in [-0.39, 0.29) is 0 Å². The molecule has 0 saturated carbocycles. The second-order valence-electron chi connectivity index (χ2n) is 4.28. The van der Waals surface area contributed by atoms with Crippen LogP contribution in [-0.2, 0) is 0 Å². The van der Waals surface area contributed by atoms with E-state index in [1.54, 1.807) is 4.90 Å². The van der Waals surface area contributed by atoms with Gasteiger partial charge in [0, 0.05) is 0 Å². The van der Waals surface area contributed by atoms with Crippen molar-refractivity contribution in [1.29, 1.82) is 0 Å². The van der Waals surface area contributed by atoms with E-state index in [2.05, 4.69) is 41.5 Å². The third kappa shape index (κ3) is 2.70. The summed E-state index contributed by atoms with van der Waals surface area (Å²) in [6.45, 7) is 14.9. The standard InChI is InChI=1S/C9H21N/c1-7-10(8(2)3)9(4,5)6/h8H,7H2,1-6H3/p+1. The maximum absolute atomic E-state index is 2.30. The van der Waals surface area contributed by atoms with Crippen molar-refractivity contribution in [1.82, 2.24) is 0 Å². The largest absolute Gasteiger partial charge is 0.329 e. The molecule has 0 aliphatic heterocycles. The van der Waals surface area contributed by atoms with Crippen LogP contribution in [0.2, 0.25) is 0 Å². The molecular weight excluding hydrogens is 122 g/mol. The number of hydrogen-bond acceptors (Lipinski definition) is 0. The van der Waals surface area contributed by atoms with E-state index >= 15 is 0 Å². The van der Waals surface area contributed by atoms with Crippen LogP contribution in [0.25, 0.3) is 0 Å². The molecule has 0 aliphatic carbocycles. The molecule has 1 nitrogen and oxygen atoms in total. The number of hydrogen-bond donors (Lipinski definition) is 1. The average Bonchev–Trinajstić information content (AvgIpc) is 1.60. The van der Waals surface area contributed by atoms with Crippen LogP contribution in [0.1, 0.15) is 41.5 Å². The normalized spacial score (nSPS) is 15.9. The van der Waals surface area contributed by atoms with Crippen LogP contribution in [0.15, 0.2) is 0 Å². The van der Waals surface area contributed by atoms with Crippen LogP contribution < -0.4 is 4.90 Å². The Labute approximate surface area is 65.4 Å². The van der Waals surface area contributed by atoms with E-state index in [9.17, 15) is 0 Å². The first-order valence-electron chi connectivity index (χ1n) is 4.25. The number of rotatable bonds is 2. The van der Waals surface area contributed by atoms with Gasteiger partial charge in [0.1, 0.15) is 0 Å². The van der Waals surface area contributed by atoms with E-state index in [0.717, 1.165) is 6.04 Å². The minimum Gasteiger partial charge on any atom is -0.329 e. The van der Waals surface area contributed by atoms with Gasteiger partial charge < -0.3 is 4.90 Å². The quantitative estimate of drug-likeness (QED) is 0.592. The van der Waals surface area contributed by atoms with Crippen LogP contribution in [-0.4, -0.2) is 18.1 Å². The maximum atomic E-state index is 2.30. The first-order chi connectivity index (χ1) is 4.39. The highest BCUT2D eigenvalue weighted by Gasteiger charge is 2.25. The molecule has 0 amide bonds. The fourth-order valence-corrected chi connectivity index (χ4v) is 1.80. The smallest absolute Gasteiger partial charge is 0.0893 e. The molecule has 0 aromatic carbocycles. The fraction of sp³-hybridized carbons (Fsp3) is 1.00. The van der Waals surface area contributed by atoms with Crippen molar-refractivity contribution < 1.29 is 4.90 Å². The van der Waals surface area contributed by atoms with Crippen molar-refractivity contribution in [2.45, 2.75) is 53.1 Å². The van der Waals surface area contributed by atoms with E-state index in [0.29, 0.717) is 5.54 Å². The monoisotopic (exact) mass is 144 g/mol. The Morgan fingerprint density at radius 3 is 1.60 bits per heavy atom. The third-order valence-corrected chi connectivity index (χ3v) is 2.04. The van der Waals surface area contributed by atoms with Gasteiger partial charge >= 0.3 is 0 Å². The minimum absolute atomic E-state index is 0.406. The molecule has 1 N–H and O–H groups in total. The summed E-state index contributed by atoms with van der Waals surface area (Å²) in [5, 5.41) is 0. The molecule has 0 bridgehead atoms. The summed E-state index contributed by atoms with van der Waals surface area (Å²) in [7, 11) is 0. The topological polar surface area (TPSA) is 4.44 Å². The summed E-state index contributed by atoms with van der Waals surface area (Å²) >= 11 is 0. The van der Waals surface area contributed by atoms with Gasteiger partial charge in [-0.05, 0) is 41.5 Å². The first-order valence-corrected chi connectivity index (χ1v) is 4.25. The van der Waals surface area contributed by atoms with Crippen molar-refractivity contribution in [3.63, 3.8) is 0 Å². The SMILES string of the molecule is CC[NH+](C(C)C)C(C)(C)C. The van der Waals surface area contributed by atoms with Crippen LogP contribution in [0.3, 0.4) is 0 Å². The van der Waals surface area contributed by atoms with E-state index in [1.807, 2.05) is 0 Å². The Bertz CT molecular complexity index is 89.4. The molecule has 0 aromatic heterocycles. The molecule has 0 spiro atoms. The molecule has 0 aromatic rings. The third-order valence-electron chi connectivity index (χ3n) is 2.04. The van der Waals surface area contributed by atoms with Gasteiger partial charge in [0.15, 0.2) is 0 Å². The van der Waals surface area contributed by atoms with E-state index in [4.69, 9.17) is 0 Å². The Morgan fingerprint density at radius 2 is 1.60 bits per heavy atom. The Balaban J connectivity index is 4.07. The molecule has 62 valence electrons. The molecule has 0 radical (unpaired) electrons. The lowest BCUT2D eigenvalue weighted by Crippen LogP contribution is -3.21. The molecular formula is C9H22N+. The lowest BCUT2D eigenvalue weighted by Gasteiger charge is -2.34. The number of nitrogens with one attached hydrogen (secondary N) is 1. The van der Waals surface area contributed by atoms with Crippen LogP contribution >= 0.6 is 0 Å². The predicted octanol–water partition coefficient (Wildman–Crippen LogP) is 1.10. The highest BCUT2D eigenvalue weighted by atomic mass is 15.2. The summed E-state index contributed by atoms with van der Waals surface area (Å²) in [4.78, 5) is 1.67. The van der Waals surface area contributed by atoms with Gasteiger partial charge in [-0.25, -0.2) is 0 Å². The highest BCUT2D eigenvalue weighted by molar-refractivity contribution is 4.57. The van der Waals surface area contributed by atoms with Gasteiger partial charge in [-0.15, -0.1) is 0 Å². The molecule has 0 aliphatic rings. The van der Waals surface area contributed by atoms with Gasteiger partial charge in [-0.1, -0.05) is 0 Å². The highest BCUT2D eigenvalue weighted by Crippen LogP contribution is 1.93. The zero-order chi connectivity index (χ0) is 8.36. The summed E-state index contributed by atoms with van der Waals surface area (Å²) in [6, 6.07) is 0.741. The molecule has 10 heavy (non-hydrogen) atoms. The van der Waals surface area contributed by atoms with E-state index in [1.165, 1.54) is 6.54 Å². The second kappa shape index (κ2) is 3.38. The van der Waals surface area contributed by atoms with Crippen molar-refractivity contribution in [3.05, 3.63) is 0 Å². The molecule has 1 heteroatoms. The Morgan fingerprint density at radius 1 is 1.20 bits per heavy atom. The summed E-state index contributed by atoms with van der Waals surface area (Å²) < 4.78 is 0. The Kier molecular flexibility index (Phi) is 3.37. The average molecular weight is 144 g/mol. The minimum atomic E-state index is 0.406.